The molecule has 1 heterocycles. The maximum atomic E-state index is 5.28. The molecule has 0 aliphatic carbocycles. The van der Waals surface area contributed by atoms with E-state index in [0.717, 1.165) is 10.4 Å². The summed E-state index contributed by atoms with van der Waals surface area (Å²) in [6, 6.07) is 3.75. The summed E-state index contributed by atoms with van der Waals surface area (Å²) in [5.41, 5.74) is 0. The van der Waals surface area contributed by atoms with E-state index in [-0.39, 0.29) is 5.92 Å². The third kappa shape index (κ3) is 2.32. The zero-order valence-electron chi connectivity index (χ0n) is 6.21. The van der Waals surface area contributed by atoms with Crippen LogP contribution >= 0.6 is 15.9 Å². The van der Waals surface area contributed by atoms with E-state index in [1.54, 1.807) is 0 Å². The fourth-order valence-corrected chi connectivity index (χ4v) is 1.14. The smallest absolute Gasteiger partial charge is 0.169 e. The van der Waals surface area contributed by atoms with Gasteiger partial charge in [-0.1, -0.05) is 6.92 Å². The minimum atomic E-state index is 0.200. The summed E-state index contributed by atoms with van der Waals surface area (Å²) >= 11 is 3.21. The molecule has 0 aliphatic rings. The van der Waals surface area contributed by atoms with Gasteiger partial charge in [-0.15, -0.1) is 0 Å². The van der Waals surface area contributed by atoms with Crippen molar-refractivity contribution in [1.82, 2.24) is 0 Å². The molecule has 0 radical (unpaired) electrons. The van der Waals surface area contributed by atoms with Crippen LogP contribution in [0.5, 0.6) is 0 Å². The van der Waals surface area contributed by atoms with Crippen LogP contribution < -0.4 is 5.90 Å². The van der Waals surface area contributed by atoms with Gasteiger partial charge in [0.15, 0.2) is 4.67 Å². The Morgan fingerprint density at radius 2 is 2.45 bits per heavy atom. The zero-order valence-corrected chi connectivity index (χ0v) is 7.80. The summed E-state index contributed by atoms with van der Waals surface area (Å²) in [5, 5.41) is 0. The quantitative estimate of drug-likeness (QED) is 0.793. The fourth-order valence-electron chi connectivity index (χ4n) is 0.820. The van der Waals surface area contributed by atoms with Crippen molar-refractivity contribution in [3.05, 3.63) is 22.6 Å². The Hall–Kier alpha value is -0.320. The van der Waals surface area contributed by atoms with E-state index in [0.29, 0.717) is 6.61 Å². The lowest BCUT2D eigenvalue weighted by molar-refractivity contribution is 0.121. The highest BCUT2D eigenvalue weighted by Crippen LogP contribution is 2.21. The van der Waals surface area contributed by atoms with Gasteiger partial charge in [0.25, 0.3) is 0 Å². The van der Waals surface area contributed by atoms with Crippen molar-refractivity contribution in [3.63, 3.8) is 0 Å². The van der Waals surface area contributed by atoms with E-state index in [1.807, 2.05) is 19.1 Å². The second kappa shape index (κ2) is 3.90. The van der Waals surface area contributed by atoms with Crippen molar-refractivity contribution in [2.24, 2.45) is 5.90 Å². The lowest BCUT2D eigenvalue weighted by Crippen LogP contribution is -2.07. The van der Waals surface area contributed by atoms with E-state index in [1.165, 1.54) is 0 Å². The van der Waals surface area contributed by atoms with E-state index in [9.17, 15) is 0 Å². The molecule has 11 heavy (non-hydrogen) atoms. The van der Waals surface area contributed by atoms with Crippen molar-refractivity contribution < 1.29 is 9.25 Å². The average molecular weight is 220 g/mol. The van der Waals surface area contributed by atoms with Crippen LogP contribution in [0.1, 0.15) is 18.6 Å². The molecule has 0 fully saturated rings. The first kappa shape index (κ1) is 8.77. The Kier molecular flexibility index (Phi) is 3.11. The molecular weight excluding hydrogens is 210 g/mol. The monoisotopic (exact) mass is 219 g/mol. The lowest BCUT2D eigenvalue weighted by Gasteiger charge is -2.04. The Labute approximate surface area is 73.6 Å². The lowest BCUT2D eigenvalue weighted by atomic mass is 10.1. The first-order valence-corrected chi connectivity index (χ1v) is 4.10. The molecule has 62 valence electrons. The Balaban J connectivity index is 2.60. The summed E-state index contributed by atoms with van der Waals surface area (Å²) in [6.45, 7) is 2.46. The Bertz CT molecular complexity index is 224. The van der Waals surface area contributed by atoms with Gasteiger partial charge >= 0.3 is 0 Å². The molecule has 0 saturated heterocycles. The average Bonchev–Trinajstić information content (AvgIpc) is 2.36. The van der Waals surface area contributed by atoms with Gasteiger partial charge in [-0.25, -0.2) is 5.90 Å². The standard InChI is InChI=1S/C7H10BrNO2/c1-5(4-10-9)6-2-3-7(8)11-6/h2-3,5H,4,9H2,1H3. The molecule has 1 rings (SSSR count). The predicted molar refractivity (Wildman–Crippen MR) is 45.0 cm³/mol. The van der Waals surface area contributed by atoms with Crippen LogP contribution in [-0.2, 0) is 4.84 Å². The third-order valence-corrected chi connectivity index (χ3v) is 1.85. The van der Waals surface area contributed by atoms with E-state index >= 15 is 0 Å². The fraction of sp³-hybridized carbons (Fsp3) is 0.429. The maximum absolute atomic E-state index is 5.28. The van der Waals surface area contributed by atoms with Crippen LogP contribution in [0.4, 0.5) is 0 Å². The van der Waals surface area contributed by atoms with E-state index in [4.69, 9.17) is 10.3 Å². The van der Waals surface area contributed by atoms with Gasteiger partial charge in [-0.3, -0.25) is 0 Å². The molecule has 3 nitrogen and oxygen atoms in total. The van der Waals surface area contributed by atoms with Gasteiger partial charge in [0.1, 0.15) is 5.76 Å². The van der Waals surface area contributed by atoms with Gasteiger partial charge < -0.3 is 9.25 Å². The van der Waals surface area contributed by atoms with Crippen LogP contribution in [-0.4, -0.2) is 6.61 Å². The number of halogens is 1. The Morgan fingerprint density at radius 1 is 1.73 bits per heavy atom. The summed E-state index contributed by atoms with van der Waals surface area (Å²) in [5.74, 6) is 6.00. The molecular formula is C7H10BrNO2. The molecule has 1 aromatic heterocycles. The highest BCUT2D eigenvalue weighted by Gasteiger charge is 2.08. The molecule has 1 unspecified atom stereocenters. The van der Waals surface area contributed by atoms with Crippen molar-refractivity contribution in [2.45, 2.75) is 12.8 Å². The SMILES string of the molecule is CC(CON)c1ccc(Br)o1. The number of hydrogen-bond acceptors (Lipinski definition) is 3. The van der Waals surface area contributed by atoms with Gasteiger partial charge in [-0.2, -0.15) is 0 Å². The molecule has 2 N–H and O–H groups in total. The van der Waals surface area contributed by atoms with Crippen LogP contribution in [0.15, 0.2) is 21.2 Å². The molecule has 0 aliphatic heterocycles. The molecule has 0 bridgehead atoms. The summed E-state index contributed by atoms with van der Waals surface area (Å²) < 4.78 is 6.01. The molecule has 0 amide bonds. The van der Waals surface area contributed by atoms with Crippen molar-refractivity contribution >= 4 is 15.9 Å². The molecule has 4 heteroatoms. The summed E-state index contributed by atoms with van der Waals surface area (Å²) in [7, 11) is 0. The summed E-state index contributed by atoms with van der Waals surface area (Å²) in [4.78, 5) is 4.49. The van der Waals surface area contributed by atoms with Gasteiger partial charge in [0.2, 0.25) is 0 Å². The minimum absolute atomic E-state index is 0.200. The first-order valence-electron chi connectivity index (χ1n) is 3.31. The second-order valence-electron chi connectivity index (χ2n) is 2.38. The van der Waals surface area contributed by atoms with Crippen LogP contribution in [0.2, 0.25) is 0 Å². The summed E-state index contributed by atoms with van der Waals surface area (Å²) in [6.07, 6.45) is 0. The number of hydrogen-bond donors (Lipinski definition) is 1. The highest BCUT2D eigenvalue weighted by atomic mass is 79.9. The first-order chi connectivity index (χ1) is 5.24. The molecule has 0 aromatic carbocycles. The van der Waals surface area contributed by atoms with Gasteiger partial charge in [0, 0.05) is 5.92 Å². The molecule has 0 saturated carbocycles. The highest BCUT2D eigenvalue weighted by molar-refractivity contribution is 9.10. The Morgan fingerprint density at radius 3 is 2.91 bits per heavy atom. The van der Waals surface area contributed by atoms with Crippen molar-refractivity contribution in [1.29, 1.82) is 0 Å². The second-order valence-corrected chi connectivity index (χ2v) is 3.16. The predicted octanol–water partition coefficient (Wildman–Crippen LogP) is 2.04. The maximum Gasteiger partial charge on any atom is 0.169 e. The molecule has 1 aromatic rings. The van der Waals surface area contributed by atoms with Crippen molar-refractivity contribution in [3.8, 4) is 0 Å². The largest absolute Gasteiger partial charge is 0.454 e. The van der Waals surface area contributed by atoms with Crippen LogP contribution in [0.3, 0.4) is 0 Å². The normalized spacial score (nSPS) is 13.4. The van der Waals surface area contributed by atoms with Gasteiger partial charge in [0.05, 0.1) is 6.61 Å². The van der Waals surface area contributed by atoms with Crippen molar-refractivity contribution in [2.75, 3.05) is 6.61 Å². The molecule has 0 spiro atoms. The van der Waals surface area contributed by atoms with Gasteiger partial charge in [-0.05, 0) is 28.1 Å². The zero-order chi connectivity index (χ0) is 8.27. The van der Waals surface area contributed by atoms with Crippen LogP contribution in [0, 0.1) is 0 Å². The van der Waals surface area contributed by atoms with E-state index < -0.39 is 0 Å². The number of nitrogens with two attached hydrogens (primary N) is 1. The third-order valence-electron chi connectivity index (χ3n) is 1.43. The number of furan rings is 1. The van der Waals surface area contributed by atoms with Crippen LogP contribution in [0.25, 0.3) is 0 Å². The van der Waals surface area contributed by atoms with E-state index in [2.05, 4.69) is 20.8 Å². The topological polar surface area (TPSA) is 48.4 Å². The number of rotatable bonds is 3. The molecule has 1 atom stereocenters. The minimum Gasteiger partial charge on any atom is -0.454 e.